The zero-order valence-corrected chi connectivity index (χ0v) is 12.1. The standard InChI is InChI=1S/C15H21FN2O2/c1-10(2)18(3)13-7-6-11(9-12(13)16)17-15(19)14-5-4-8-20-14/h6-7,9-10,14H,4-5,8H2,1-3H3,(H,17,19)/t14-/m0/s1. The average molecular weight is 280 g/mol. The van der Waals surface area contributed by atoms with Crippen LogP contribution in [0, 0.1) is 5.82 Å². The number of anilines is 2. The molecule has 0 aliphatic carbocycles. The smallest absolute Gasteiger partial charge is 0.253 e. The Morgan fingerprint density at radius 1 is 1.50 bits per heavy atom. The Labute approximate surface area is 118 Å². The molecule has 2 rings (SSSR count). The Morgan fingerprint density at radius 2 is 2.25 bits per heavy atom. The first kappa shape index (κ1) is 14.8. The van der Waals surface area contributed by atoms with Crippen LogP contribution in [0.3, 0.4) is 0 Å². The molecule has 1 aliphatic rings. The zero-order valence-electron chi connectivity index (χ0n) is 12.1. The summed E-state index contributed by atoms with van der Waals surface area (Å²) in [5, 5.41) is 2.70. The molecule has 1 N–H and O–H groups in total. The molecule has 110 valence electrons. The van der Waals surface area contributed by atoms with E-state index in [1.54, 1.807) is 12.1 Å². The molecule has 0 radical (unpaired) electrons. The van der Waals surface area contributed by atoms with Gasteiger partial charge in [0.2, 0.25) is 0 Å². The van der Waals surface area contributed by atoms with Crippen molar-refractivity contribution in [2.45, 2.75) is 38.8 Å². The SMILES string of the molecule is CC(C)N(C)c1ccc(NC(=O)[C@@H]2CCCO2)cc1F. The molecule has 4 nitrogen and oxygen atoms in total. The van der Waals surface area contributed by atoms with Crippen LogP contribution in [-0.4, -0.2) is 31.7 Å². The molecule has 0 saturated carbocycles. The third-order valence-corrected chi connectivity index (χ3v) is 3.59. The Hall–Kier alpha value is -1.62. The second kappa shape index (κ2) is 6.22. The van der Waals surface area contributed by atoms with Gasteiger partial charge in [-0.3, -0.25) is 4.79 Å². The summed E-state index contributed by atoms with van der Waals surface area (Å²) < 4.78 is 19.4. The van der Waals surface area contributed by atoms with Gasteiger partial charge in [0.1, 0.15) is 11.9 Å². The zero-order chi connectivity index (χ0) is 14.7. The van der Waals surface area contributed by atoms with E-state index < -0.39 is 6.10 Å². The number of nitrogens with zero attached hydrogens (tertiary/aromatic N) is 1. The summed E-state index contributed by atoms with van der Waals surface area (Å²) >= 11 is 0. The van der Waals surface area contributed by atoms with Crippen molar-refractivity contribution >= 4 is 17.3 Å². The van der Waals surface area contributed by atoms with Gasteiger partial charge in [0.25, 0.3) is 5.91 Å². The normalized spacial score (nSPS) is 18.4. The number of carbonyl (C=O) groups is 1. The number of hydrogen-bond acceptors (Lipinski definition) is 3. The predicted octanol–water partition coefficient (Wildman–Crippen LogP) is 2.79. The predicted molar refractivity (Wildman–Crippen MR) is 77.5 cm³/mol. The molecule has 0 unspecified atom stereocenters. The molecule has 1 heterocycles. The molecule has 1 atom stereocenters. The van der Waals surface area contributed by atoms with Crippen LogP contribution in [0.25, 0.3) is 0 Å². The van der Waals surface area contributed by atoms with Crippen molar-refractivity contribution in [3.8, 4) is 0 Å². The number of amides is 1. The molecule has 1 amide bonds. The number of benzene rings is 1. The molecule has 0 aromatic heterocycles. The lowest BCUT2D eigenvalue weighted by molar-refractivity contribution is -0.124. The maximum atomic E-state index is 14.1. The fourth-order valence-electron chi connectivity index (χ4n) is 2.16. The van der Waals surface area contributed by atoms with Crippen LogP contribution in [0.1, 0.15) is 26.7 Å². The highest BCUT2D eigenvalue weighted by molar-refractivity contribution is 5.94. The first-order valence-corrected chi connectivity index (χ1v) is 6.94. The van der Waals surface area contributed by atoms with Crippen LogP contribution in [0.15, 0.2) is 18.2 Å². The van der Waals surface area contributed by atoms with Gasteiger partial charge >= 0.3 is 0 Å². The van der Waals surface area contributed by atoms with E-state index in [0.717, 1.165) is 12.8 Å². The van der Waals surface area contributed by atoms with E-state index in [1.807, 2.05) is 25.8 Å². The Bertz CT molecular complexity index is 485. The molecule has 20 heavy (non-hydrogen) atoms. The lowest BCUT2D eigenvalue weighted by atomic mass is 10.2. The molecule has 1 fully saturated rings. The van der Waals surface area contributed by atoms with Crippen molar-refractivity contribution in [3.05, 3.63) is 24.0 Å². The van der Waals surface area contributed by atoms with Gasteiger partial charge < -0.3 is 15.0 Å². The van der Waals surface area contributed by atoms with Gasteiger partial charge in [-0.25, -0.2) is 4.39 Å². The monoisotopic (exact) mass is 280 g/mol. The van der Waals surface area contributed by atoms with Crippen LogP contribution in [0.2, 0.25) is 0 Å². The highest BCUT2D eigenvalue weighted by Gasteiger charge is 2.23. The van der Waals surface area contributed by atoms with Crippen molar-refractivity contribution in [2.75, 3.05) is 23.9 Å². The largest absolute Gasteiger partial charge is 0.370 e. The molecule has 0 bridgehead atoms. The van der Waals surface area contributed by atoms with Crippen LogP contribution >= 0.6 is 0 Å². The fraction of sp³-hybridized carbons (Fsp3) is 0.533. The minimum absolute atomic E-state index is 0.202. The van der Waals surface area contributed by atoms with Gasteiger partial charge in [-0.05, 0) is 44.9 Å². The number of halogens is 1. The van der Waals surface area contributed by atoms with E-state index in [2.05, 4.69) is 5.32 Å². The van der Waals surface area contributed by atoms with E-state index >= 15 is 0 Å². The van der Waals surface area contributed by atoms with E-state index in [9.17, 15) is 9.18 Å². The summed E-state index contributed by atoms with van der Waals surface area (Å²) in [5.74, 6) is -0.543. The molecule has 1 saturated heterocycles. The molecule has 1 aromatic rings. The summed E-state index contributed by atoms with van der Waals surface area (Å²) in [6.45, 7) is 4.60. The molecule has 1 aromatic carbocycles. The van der Waals surface area contributed by atoms with Gasteiger partial charge in [0, 0.05) is 25.4 Å². The Kier molecular flexibility index (Phi) is 4.60. The van der Waals surface area contributed by atoms with Crippen molar-refractivity contribution in [2.24, 2.45) is 0 Å². The summed E-state index contributed by atoms with van der Waals surface area (Å²) in [5.41, 5.74) is 0.985. The highest BCUT2D eigenvalue weighted by Crippen LogP contribution is 2.24. The minimum Gasteiger partial charge on any atom is -0.370 e. The molecule has 5 heteroatoms. The quantitative estimate of drug-likeness (QED) is 0.922. The van der Waals surface area contributed by atoms with E-state index in [4.69, 9.17) is 4.74 Å². The van der Waals surface area contributed by atoms with Crippen LogP contribution in [-0.2, 0) is 9.53 Å². The van der Waals surface area contributed by atoms with Crippen LogP contribution in [0.5, 0.6) is 0 Å². The van der Waals surface area contributed by atoms with Gasteiger partial charge in [-0.1, -0.05) is 0 Å². The second-order valence-electron chi connectivity index (χ2n) is 5.36. The maximum Gasteiger partial charge on any atom is 0.253 e. The molecule has 1 aliphatic heterocycles. The first-order valence-electron chi connectivity index (χ1n) is 6.94. The lowest BCUT2D eigenvalue weighted by Gasteiger charge is -2.24. The lowest BCUT2D eigenvalue weighted by Crippen LogP contribution is -2.28. The van der Waals surface area contributed by atoms with E-state index in [1.165, 1.54) is 6.07 Å². The summed E-state index contributed by atoms with van der Waals surface area (Å²) in [7, 11) is 1.84. The van der Waals surface area contributed by atoms with E-state index in [0.29, 0.717) is 18.0 Å². The van der Waals surface area contributed by atoms with Crippen molar-refractivity contribution in [1.29, 1.82) is 0 Å². The van der Waals surface area contributed by atoms with Crippen molar-refractivity contribution in [1.82, 2.24) is 0 Å². The number of carbonyl (C=O) groups excluding carboxylic acids is 1. The number of ether oxygens (including phenoxy) is 1. The van der Waals surface area contributed by atoms with Crippen molar-refractivity contribution < 1.29 is 13.9 Å². The fourth-order valence-corrected chi connectivity index (χ4v) is 2.16. The summed E-state index contributed by atoms with van der Waals surface area (Å²) in [4.78, 5) is 13.7. The molecular formula is C15H21FN2O2. The van der Waals surface area contributed by atoms with Gasteiger partial charge in [0.15, 0.2) is 0 Å². The second-order valence-corrected chi connectivity index (χ2v) is 5.36. The Balaban J connectivity index is 2.07. The number of nitrogens with one attached hydrogen (secondary N) is 1. The Morgan fingerprint density at radius 3 is 2.80 bits per heavy atom. The number of hydrogen-bond donors (Lipinski definition) is 1. The average Bonchev–Trinajstić information content (AvgIpc) is 2.92. The first-order chi connectivity index (χ1) is 9.49. The van der Waals surface area contributed by atoms with Crippen molar-refractivity contribution in [3.63, 3.8) is 0 Å². The summed E-state index contributed by atoms with van der Waals surface area (Å²) in [6, 6.07) is 4.95. The third-order valence-electron chi connectivity index (χ3n) is 3.59. The number of rotatable bonds is 4. The van der Waals surface area contributed by atoms with Crippen LogP contribution in [0.4, 0.5) is 15.8 Å². The van der Waals surface area contributed by atoms with Gasteiger partial charge in [-0.2, -0.15) is 0 Å². The van der Waals surface area contributed by atoms with Gasteiger partial charge in [-0.15, -0.1) is 0 Å². The highest BCUT2D eigenvalue weighted by atomic mass is 19.1. The molecule has 0 spiro atoms. The van der Waals surface area contributed by atoms with Crippen LogP contribution < -0.4 is 10.2 Å². The third kappa shape index (κ3) is 3.28. The topological polar surface area (TPSA) is 41.6 Å². The van der Waals surface area contributed by atoms with Gasteiger partial charge in [0.05, 0.1) is 5.69 Å². The summed E-state index contributed by atoms with van der Waals surface area (Å²) in [6.07, 6.45) is 1.21. The minimum atomic E-state index is -0.406. The molecular weight excluding hydrogens is 259 g/mol. The maximum absolute atomic E-state index is 14.1. The van der Waals surface area contributed by atoms with E-state index in [-0.39, 0.29) is 17.8 Å².